The molecule has 9 nitrogen and oxygen atoms in total. The second-order valence-corrected chi connectivity index (χ2v) is 26.4. The van der Waals surface area contributed by atoms with E-state index < -0.39 is 26.6 Å². The van der Waals surface area contributed by atoms with Gasteiger partial charge in [-0.05, 0) is 128 Å². The van der Waals surface area contributed by atoms with Crippen molar-refractivity contribution in [2.24, 2.45) is 0 Å². The molecule has 1 N–H and O–H groups in total. The molecule has 1 amide bonds. The first-order valence-electron chi connectivity index (χ1n) is 36.0. The summed E-state index contributed by atoms with van der Waals surface area (Å²) in [5.41, 5.74) is 0. The molecule has 88 heavy (non-hydrogen) atoms. The molecule has 0 radical (unpaired) electrons. The van der Waals surface area contributed by atoms with Crippen LogP contribution in [0.3, 0.4) is 0 Å². The van der Waals surface area contributed by atoms with Gasteiger partial charge in [-0.3, -0.25) is 14.2 Å². The van der Waals surface area contributed by atoms with Gasteiger partial charge in [0.15, 0.2) is 0 Å². The van der Waals surface area contributed by atoms with Gasteiger partial charge in [-0.1, -0.05) is 290 Å². The van der Waals surface area contributed by atoms with E-state index in [0.29, 0.717) is 17.4 Å². The van der Waals surface area contributed by atoms with Crippen molar-refractivity contribution in [2.45, 2.75) is 309 Å². The predicted octanol–water partition coefficient (Wildman–Crippen LogP) is 22.5. The van der Waals surface area contributed by atoms with Crippen LogP contribution in [0.5, 0.6) is 0 Å². The highest BCUT2D eigenvalue weighted by Gasteiger charge is 2.27. The maximum absolute atomic E-state index is 13.6. The molecule has 0 aliphatic heterocycles. The Morgan fingerprint density at radius 2 is 0.727 bits per heavy atom. The smallest absolute Gasteiger partial charge is 0.306 e. The van der Waals surface area contributed by atoms with Gasteiger partial charge in [-0.15, -0.1) is 0 Å². The zero-order valence-electron chi connectivity index (χ0n) is 57.6. The maximum Gasteiger partial charge on any atom is 0.306 e. The number of nitrogens with one attached hydrogen (secondary N) is 1. The first-order valence-corrected chi connectivity index (χ1v) is 37.5. The number of quaternary nitrogens is 1. The summed E-state index contributed by atoms with van der Waals surface area (Å²) in [5, 5.41) is 3.03. The first-order chi connectivity index (χ1) is 42.9. The lowest BCUT2D eigenvalue weighted by Crippen LogP contribution is -2.47. The quantitative estimate of drug-likeness (QED) is 0.0212. The van der Waals surface area contributed by atoms with E-state index in [1.54, 1.807) is 0 Å². The summed E-state index contributed by atoms with van der Waals surface area (Å²) < 4.78 is 30.4. The van der Waals surface area contributed by atoms with Crippen molar-refractivity contribution < 1.29 is 37.3 Å². The summed E-state index contributed by atoms with van der Waals surface area (Å²) in [4.78, 5) is 40.2. The number of rotatable bonds is 64. The number of hydrogen-bond acceptors (Lipinski definition) is 7. The fraction of sp³-hybridized carbons (Fsp3) is 0.692. The summed E-state index contributed by atoms with van der Waals surface area (Å²) in [6.07, 6.45) is 94.3. The molecule has 0 aromatic rings. The van der Waals surface area contributed by atoms with E-state index >= 15 is 0 Å². The van der Waals surface area contributed by atoms with E-state index in [0.717, 1.165) is 128 Å². The van der Waals surface area contributed by atoms with Crippen molar-refractivity contribution in [1.29, 1.82) is 0 Å². The second-order valence-electron chi connectivity index (χ2n) is 25.0. The fourth-order valence-electron chi connectivity index (χ4n) is 9.80. The third-order valence-electron chi connectivity index (χ3n) is 15.3. The van der Waals surface area contributed by atoms with Crippen LogP contribution in [0.2, 0.25) is 0 Å². The number of phosphoric ester groups is 1. The molecule has 0 saturated heterocycles. The monoisotopic (exact) mass is 1240 g/mol. The number of nitrogens with zero attached hydrogens (tertiary/aromatic N) is 1. The largest absolute Gasteiger partial charge is 0.756 e. The second kappa shape index (κ2) is 66.1. The normalized spacial score (nSPS) is 14.3. The molecule has 0 aromatic carbocycles. The Kier molecular flexibility index (Phi) is 63.2. The van der Waals surface area contributed by atoms with E-state index in [4.69, 9.17) is 13.8 Å². The number of esters is 1. The Bertz CT molecular complexity index is 1970. The highest BCUT2D eigenvalue weighted by Crippen LogP contribution is 2.38. The summed E-state index contributed by atoms with van der Waals surface area (Å²) in [7, 11) is 1.15. The molecular weight excluding hydrogens is 1110 g/mol. The van der Waals surface area contributed by atoms with Gasteiger partial charge in [0, 0.05) is 12.8 Å². The minimum atomic E-state index is -4.72. The van der Waals surface area contributed by atoms with Crippen molar-refractivity contribution in [3.8, 4) is 0 Å². The van der Waals surface area contributed by atoms with Gasteiger partial charge in [0.2, 0.25) is 5.91 Å². The van der Waals surface area contributed by atoms with Crippen LogP contribution in [0.4, 0.5) is 0 Å². The molecule has 0 aromatic heterocycles. The molecule has 0 spiro atoms. The zero-order valence-corrected chi connectivity index (χ0v) is 58.5. The lowest BCUT2D eigenvalue weighted by molar-refractivity contribution is -0.870. The van der Waals surface area contributed by atoms with Gasteiger partial charge in [-0.25, -0.2) is 0 Å². The summed E-state index contributed by atoms with van der Waals surface area (Å²) in [6.45, 7) is 6.68. The molecule has 0 rings (SSSR count). The molecule has 0 bridgehead atoms. The fourth-order valence-corrected chi connectivity index (χ4v) is 10.5. The molecule has 0 aliphatic carbocycles. The summed E-state index contributed by atoms with van der Waals surface area (Å²) >= 11 is 0. The molecule has 0 fully saturated rings. The molecule has 10 heteroatoms. The molecule has 0 heterocycles. The van der Waals surface area contributed by atoms with Crippen molar-refractivity contribution in [3.63, 3.8) is 0 Å². The zero-order chi connectivity index (χ0) is 64.2. The molecule has 0 saturated carbocycles. The summed E-state index contributed by atoms with van der Waals surface area (Å²) in [6, 6.07) is -0.914. The number of ether oxygens (including phenoxy) is 1. The van der Waals surface area contributed by atoms with E-state index in [-0.39, 0.29) is 31.3 Å². The van der Waals surface area contributed by atoms with Crippen molar-refractivity contribution in [1.82, 2.24) is 5.32 Å². The van der Waals surface area contributed by atoms with Gasteiger partial charge in [-0.2, -0.15) is 0 Å². The maximum atomic E-state index is 13.6. The van der Waals surface area contributed by atoms with Crippen molar-refractivity contribution in [2.75, 3.05) is 40.9 Å². The van der Waals surface area contributed by atoms with E-state index in [9.17, 15) is 19.0 Å². The Morgan fingerprint density at radius 1 is 0.409 bits per heavy atom. The SMILES string of the molecule is CC/C=C\C/C=C\C/C=C\C/C=C\C/C=C\C/C=C\CCCCCCC(=O)NC(COP(=O)([O-])OCC[N+](C)(C)C)C(/C=C/CCCCCCCCCCCC)OC(=O)CCCCCCCCCCCCC/C=C\C/C=C\C/C=C\C/C=C\CCCCC. The molecule has 3 atom stereocenters. The average molecular weight is 1240 g/mol. The number of allylic oxidation sites excluding steroid dienone is 21. The van der Waals surface area contributed by atoms with Crippen LogP contribution in [0.25, 0.3) is 0 Å². The average Bonchev–Trinajstić information content (AvgIpc) is 3.53. The standard InChI is InChI=1S/C78H135N2O7P/c1-7-10-13-16-19-22-25-28-30-32-34-36-38-39-40-41-43-45-47-49-51-53-56-59-62-65-68-71-78(82)87-76(69-66-63-60-57-54-27-24-21-18-15-12-9-3)75(74-86-88(83,84)85-73-72-80(4,5)6)79-77(81)70-67-64-61-58-55-52-50-48-46-44-42-37-35-33-31-29-26-23-20-17-14-11-8-2/h11,14,19-20,22-23,28-31,34-37,39-40,44,46,50,52,66,69,75-76H,7-10,12-13,15-18,21,24-27,32-33,38,41-43,45,47-49,51,53-65,67-68,70-74H2,1-6H3,(H-,79,81,83,84)/b14-11-,22-19-,23-20-,30-28-,31-29-,36-34-,37-35-,40-39-,46-44-,52-50-,69-66+. The Hall–Kier alpha value is -3.85. The third kappa shape index (κ3) is 66.6. The highest BCUT2D eigenvalue weighted by molar-refractivity contribution is 7.45. The van der Waals surface area contributed by atoms with Gasteiger partial charge < -0.3 is 28.5 Å². The van der Waals surface area contributed by atoms with Crippen LogP contribution in [-0.4, -0.2) is 69.4 Å². The van der Waals surface area contributed by atoms with Crippen LogP contribution in [0, 0.1) is 0 Å². The number of unbranched alkanes of at least 4 members (excludes halogenated alkanes) is 28. The Balaban J connectivity index is 5.12. The number of likely N-dealkylation sites (N-methyl/N-ethyl adjacent to an activating group) is 1. The molecular formula is C78H135N2O7P. The summed E-state index contributed by atoms with van der Waals surface area (Å²) in [5.74, 6) is -0.577. The van der Waals surface area contributed by atoms with Gasteiger partial charge >= 0.3 is 5.97 Å². The first kappa shape index (κ1) is 84.2. The lowest BCUT2D eigenvalue weighted by Gasteiger charge is -2.30. The van der Waals surface area contributed by atoms with E-state index in [1.165, 1.54) is 128 Å². The lowest BCUT2D eigenvalue weighted by atomic mass is 10.0. The number of hydrogen-bond donors (Lipinski definition) is 1. The van der Waals surface area contributed by atoms with E-state index in [2.05, 4.69) is 148 Å². The molecule has 504 valence electrons. The van der Waals surface area contributed by atoms with E-state index in [1.807, 2.05) is 33.3 Å². The number of amides is 1. The van der Waals surface area contributed by atoms with Crippen LogP contribution in [-0.2, 0) is 27.9 Å². The van der Waals surface area contributed by atoms with Gasteiger partial charge in [0.1, 0.15) is 19.3 Å². The third-order valence-corrected chi connectivity index (χ3v) is 16.3. The molecule has 0 aliphatic rings. The Labute approximate surface area is 543 Å². The predicted molar refractivity (Wildman–Crippen MR) is 380 cm³/mol. The van der Waals surface area contributed by atoms with Crippen LogP contribution in [0.15, 0.2) is 134 Å². The van der Waals surface area contributed by atoms with Crippen molar-refractivity contribution >= 4 is 19.7 Å². The van der Waals surface area contributed by atoms with Gasteiger partial charge in [0.25, 0.3) is 7.82 Å². The highest BCUT2D eigenvalue weighted by atomic mass is 31.2. The van der Waals surface area contributed by atoms with Crippen molar-refractivity contribution in [3.05, 3.63) is 134 Å². The minimum Gasteiger partial charge on any atom is -0.756 e. The number of carbonyl (C=O) groups is 2. The Morgan fingerprint density at radius 3 is 1.11 bits per heavy atom. The number of phosphoric acid groups is 1. The van der Waals surface area contributed by atoms with Crippen LogP contribution in [0.1, 0.15) is 297 Å². The minimum absolute atomic E-state index is 0.0349. The van der Waals surface area contributed by atoms with Crippen LogP contribution < -0.4 is 10.2 Å². The van der Waals surface area contributed by atoms with Crippen LogP contribution >= 0.6 is 7.82 Å². The topological polar surface area (TPSA) is 114 Å². The number of carbonyl (C=O) groups excluding carboxylic acids is 2. The molecule has 3 unspecified atom stereocenters. The van der Waals surface area contributed by atoms with Gasteiger partial charge in [0.05, 0.1) is 33.8 Å².